The van der Waals surface area contributed by atoms with E-state index in [2.05, 4.69) is 28.5 Å². The smallest absolute Gasteiger partial charge is 0.0800 e. The molecule has 14 heavy (non-hydrogen) atoms. The Hall–Kier alpha value is -1.35. The van der Waals surface area contributed by atoms with Crippen LogP contribution in [0.3, 0.4) is 0 Å². The van der Waals surface area contributed by atoms with Gasteiger partial charge in [-0.1, -0.05) is 12.2 Å². The lowest BCUT2D eigenvalue weighted by molar-refractivity contribution is 1.04. The number of rotatable bonds is 0. The van der Waals surface area contributed by atoms with Crippen molar-refractivity contribution in [3.8, 4) is 0 Å². The lowest BCUT2D eigenvalue weighted by Gasteiger charge is -2.19. The van der Waals surface area contributed by atoms with Gasteiger partial charge in [-0.2, -0.15) is 0 Å². The van der Waals surface area contributed by atoms with Crippen LogP contribution in [0.2, 0.25) is 0 Å². The Morgan fingerprint density at radius 2 is 2.07 bits per heavy atom. The summed E-state index contributed by atoms with van der Waals surface area (Å²) in [5.41, 5.74) is 3.77. The molecule has 0 spiro atoms. The molecule has 2 N–H and O–H groups in total. The number of aryl methyl sites for hydroxylation is 1. The molecule has 0 fully saturated rings. The molecule has 1 aliphatic rings. The minimum Gasteiger partial charge on any atom is -0.361 e. The van der Waals surface area contributed by atoms with Gasteiger partial charge in [0.2, 0.25) is 0 Å². The number of fused-ring (bicyclic) bond motifs is 3. The highest BCUT2D eigenvalue weighted by Gasteiger charge is 2.14. The van der Waals surface area contributed by atoms with Gasteiger partial charge < -0.3 is 10.3 Å². The zero-order valence-corrected chi connectivity index (χ0v) is 8.45. The van der Waals surface area contributed by atoms with Crippen LogP contribution in [0.15, 0.2) is 24.4 Å². The standard InChI is InChI=1S/C11H10N2S/c14-11-4-1-7-8-5-6-12-9(8)2-3-10(7)13-11/h2-3,5-6,12H,1,4H2,(H,13,14). The van der Waals surface area contributed by atoms with E-state index in [0.29, 0.717) is 0 Å². The molecule has 0 aliphatic carbocycles. The number of thiocarbonyl (C=S) groups is 1. The second kappa shape index (κ2) is 2.82. The predicted molar refractivity (Wildman–Crippen MR) is 62.8 cm³/mol. The van der Waals surface area contributed by atoms with Crippen LogP contribution < -0.4 is 5.32 Å². The van der Waals surface area contributed by atoms with Crippen molar-refractivity contribution in [3.63, 3.8) is 0 Å². The summed E-state index contributed by atoms with van der Waals surface area (Å²) in [6.07, 6.45) is 4.00. The Kier molecular flexibility index (Phi) is 1.61. The third-order valence-electron chi connectivity index (χ3n) is 2.72. The van der Waals surface area contributed by atoms with Gasteiger partial charge in [-0.25, -0.2) is 0 Å². The van der Waals surface area contributed by atoms with Crippen LogP contribution in [-0.4, -0.2) is 9.97 Å². The molecule has 3 rings (SSSR count). The fourth-order valence-corrected chi connectivity index (χ4v) is 2.25. The first-order valence-corrected chi connectivity index (χ1v) is 5.14. The van der Waals surface area contributed by atoms with E-state index in [4.69, 9.17) is 12.2 Å². The summed E-state index contributed by atoms with van der Waals surface area (Å²) in [5, 5.41) is 4.58. The highest BCUT2D eigenvalue weighted by molar-refractivity contribution is 7.80. The molecule has 2 nitrogen and oxygen atoms in total. The van der Waals surface area contributed by atoms with Crippen LogP contribution >= 0.6 is 12.2 Å². The number of H-pyrrole nitrogens is 1. The van der Waals surface area contributed by atoms with Gasteiger partial charge in [0.25, 0.3) is 0 Å². The molecule has 1 aromatic heterocycles. The molecule has 2 heterocycles. The number of aromatic nitrogens is 1. The molecule has 3 heteroatoms. The van der Waals surface area contributed by atoms with E-state index < -0.39 is 0 Å². The molecule has 2 aromatic rings. The molecule has 1 aromatic carbocycles. The minimum atomic E-state index is 0.951. The van der Waals surface area contributed by atoms with Crippen molar-refractivity contribution in [1.82, 2.24) is 4.98 Å². The molecule has 0 saturated carbocycles. The van der Waals surface area contributed by atoms with Crippen LogP contribution in [0.25, 0.3) is 10.9 Å². The van der Waals surface area contributed by atoms with Gasteiger partial charge in [0.05, 0.1) is 4.99 Å². The summed E-state index contributed by atoms with van der Waals surface area (Å²) in [6.45, 7) is 0. The minimum absolute atomic E-state index is 0.951. The predicted octanol–water partition coefficient (Wildman–Crippen LogP) is 2.85. The summed E-state index contributed by atoms with van der Waals surface area (Å²) < 4.78 is 0. The number of anilines is 1. The van der Waals surface area contributed by atoms with E-state index in [1.54, 1.807) is 0 Å². The summed E-state index contributed by atoms with van der Waals surface area (Å²) in [5.74, 6) is 0. The molecule has 70 valence electrons. The summed E-state index contributed by atoms with van der Waals surface area (Å²) in [6, 6.07) is 6.32. The fourth-order valence-electron chi connectivity index (χ4n) is 2.03. The van der Waals surface area contributed by atoms with Gasteiger partial charge >= 0.3 is 0 Å². The molecule has 0 saturated heterocycles. The van der Waals surface area contributed by atoms with Gasteiger partial charge in [-0.05, 0) is 30.2 Å². The zero-order valence-electron chi connectivity index (χ0n) is 7.63. The Bertz CT molecular complexity index is 513. The maximum atomic E-state index is 5.17. The highest BCUT2D eigenvalue weighted by Crippen LogP contribution is 2.29. The molecule has 0 unspecified atom stereocenters. The van der Waals surface area contributed by atoms with Gasteiger partial charge in [0, 0.05) is 29.2 Å². The van der Waals surface area contributed by atoms with E-state index >= 15 is 0 Å². The van der Waals surface area contributed by atoms with Crippen LogP contribution in [0.5, 0.6) is 0 Å². The molecule has 0 bridgehead atoms. The van der Waals surface area contributed by atoms with Crippen molar-refractivity contribution in [2.75, 3.05) is 5.32 Å². The average Bonchev–Trinajstić information content (AvgIpc) is 2.65. The van der Waals surface area contributed by atoms with E-state index in [-0.39, 0.29) is 0 Å². The highest BCUT2D eigenvalue weighted by atomic mass is 32.1. The zero-order chi connectivity index (χ0) is 9.54. The summed E-state index contributed by atoms with van der Waals surface area (Å²) in [7, 11) is 0. The second-order valence-electron chi connectivity index (χ2n) is 3.58. The lowest BCUT2D eigenvalue weighted by Crippen LogP contribution is -2.17. The Labute approximate surface area is 87.3 Å². The largest absolute Gasteiger partial charge is 0.361 e. The molecular weight excluding hydrogens is 192 g/mol. The molecule has 0 amide bonds. The molecule has 0 radical (unpaired) electrons. The van der Waals surface area contributed by atoms with Crippen LogP contribution in [-0.2, 0) is 6.42 Å². The van der Waals surface area contributed by atoms with Crippen LogP contribution in [0.4, 0.5) is 5.69 Å². The molecule has 0 atom stereocenters. The SMILES string of the molecule is S=C1CCc2c(ccc3[nH]ccc23)N1. The van der Waals surface area contributed by atoms with E-state index in [9.17, 15) is 0 Å². The number of hydrogen-bond donors (Lipinski definition) is 2. The van der Waals surface area contributed by atoms with E-state index in [1.807, 2.05) is 6.20 Å². The van der Waals surface area contributed by atoms with E-state index in [0.717, 1.165) is 17.8 Å². The van der Waals surface area contributed by atoms with Crippen LogP contribution in [0.1, 0.15) is 12.0 Å². The topological polar surface area (TPSA) is 27.8 Å². The van der Waals surface area contributed by atoms with Gasteiger partial charge in [-0.3, -0.25) is 0 Å². The fraction of sp³-hybridized carbons (Fsp3) is 0.182. The quantitative estimate of drug-likeness (QED) is 0.643. The third-order valence-corrected chi connectivity index (χ3v) is 3.03. The van der Waals surface area contributed by atoms with Gasteiger partial charge in [-0.15, -0.1) is 0 Å². The van der Waals surface area contributed by atoms with Crippen molar-refractivity contribution in [2.45, 2.75) is 12.8 Å². The van der Waals surface area contributed by atoms with Crippen molar-refractivity contribution in [1.29, 1.82) is 0 Å². The average molecular weight is 202 g/mol. The number of nitrogens with one attached hydrogen (secondary N) is 2. The lowest BCUT2D eigenvalue weighted by atomic mass is 10.00. The van der Waals surface area contributed by atoms with Crippen molar-refractivity contribution in [3.05, 3.63) is 30.0 Å². The summed E-state index contributed by atoms with van der Waals surface area (Å²) in [4.78, 5) is 4.17. The number of aromatic amines is 1. The van der Waals surface area contributed by atoms with Crippen LogP contribution in [0, 0.1) is 0 Å². The molecule has 1 aliphatic heterocycles. The Morgan fingerprint density at radius 1 is 1.14 bits per heavy atom. The number of benzene rings is 1. The normalized spacial score (nSPS) is 15.3. The van der Waals surface area contributed by atoms with Gasteiger partial charge in [0.1, 0.15) is 0 Å². The first kappa shape index (κ1) is 8.00. The Morgan fingerprint density at radius 3 is 3.00 bits per heavy atom. The Balaban J connectivity index is 2.29. The van der Waals surface area contributed by atoms with Crippen molar-refractivity contribution in [2.24, 2.45) is 0 Å². The monoisotopic (exact) mass is 202 g/mol. The third kappa shape index (κ3) is 1.06. The van der Waals surface area contributed by atoms with Crippen molar-refractivity contribution >= 4 is 33.8 Å². The first-order valence-electron chi connectivity index (χ1n) is 4.73. The van der Waals surface area contributed by atoms with Crippen molar-refractivity contribution < 1.29 is 0 Å². The molecular formula is C11H10N2S. The maximum absolute atomic E-state index is 5.17. The number of hydrogen-bond acceptors (Lipinski definition) is 1. The second-order valence-corrected chi connectivity index (χ2v) is 4.07. The summed E-state index contributed by atoms with van der Waals surface area (Å²) >= 11 is 5.17. The van der Waals surface area contributed by atoms with E-state index in [1.165, 1.54) is 22.2 Å². The first-order chi connectivity index (χ1) is 6.84. The van der Waals surface area contributed by atoms with Gasteiger partial charge in [0.15, 0.2) is 0 Å². The maximum Gasteiger partial charge on any atom is 0.0800 e.